The van der Waals surface area contributed by atoms with Crippen LogP contribution in [0.25, 0.3) is 0 Å². The zero-order valence-electron chi connectivity index (χ0n) is 18.8. The minimum atomic E-state index is -1.32. The fraction of sp³-hybridized carbons (Fsp3) is 0.636. The molecule has 1 aliphatic heterocycles. The summed E-state index contributed by atoms with van der Waals surface area (Å²) in [5.41, 5.74) is -0.441. The molecule has 10 heteroatoms. The van der Waals surface area contributed by atoms with Gasteiger partial charge in [-0.1, -0.05) is 0 Å². The van der Waals surface area contributed by atoms with E-state index in [0.717, 1.165) is 32.2 Å². The summed E-state index contributed by atoms with van der Waals surface area (Å²) in [4.78, 5) is 34.7. The lowest BCUT2D eigenvalue weighted by Crippen LogP contribution is -2.44. The lowest BCUT2D eigenvalue weighted by atomic mass is 9.97. The third-order valence-electron chi connectivity index (χ3n) is 5.30. The molecule has 2 atom stereocenters. The summed E-state index contributed by atoms with van der Waals surface area (Å²) in [6.45, 7) is 6.21. The van der Waals surface area contributed by atoms with Gasteiger partial charge in [-0.2, -0.15) is 0 Å². The van der Waals surface area contributed by atoms with Crippen molar-refractivity contribution in [3.05, 3.63) is 29.9 Å². The normalized spacial score (nSPS) is 20.5. The number of hydrogen-bond donors (Lipinski definition) is 3. The summed E-state index contributed by atoms with van der Waals surface area (Å²) < 4.78 is 18.5. The SMILES string of the molecule is CC(C)(C)OC(=O)NC/C(=C\F)C(O)c1cnc(N2CCC[C@H](C(=O)NC3CC3)C2)nc1. The van der Waals surface area contributed by atoms with Gasteiger partial charge in [-0.25, -0.2) is 19.2 Å². The molecule has 2 fully saturated rings. The van der Waals surface area contributed by atoms with Crippen LogP contribution in [0, 0.1) is 5.92 Å². The molecule has 32 heavy (non-hydrogen) atoms. The molecule has 2 amide bonds. The number of piperidine rings is 1. The van der Waals surface area contributed by atoms with Crippen LogP contribution in [-0.2, 0) is 9.53 Å². The number of aliphatic hydroxyl groups excluding tert-OH is 1. The molecule has 1 saturated heterocycles. The van der Waals surface area contributed by atoms with Crippen molar-refractivity contribution in [1.29, 1.82) is 0 Å². The van der Waals surface area contributed by atoms with E-state index < -0.39 is 17.8 Å². The second-order valence-electron chi connectivity index (χ2n) is 9.33. The molecule has 1 aliphatic carbocycles. The van der Waals surface area contributed by atoms with Gasteiger partial charge in [0, 0.05) is 49.2 Å². The Kier molecular flexibility index (Phi) is 7.65. The molecule has 9 nitrogen and oxygen atoms in total. The second kappa shape index (κ2) is 10.2. The first-order chi connectivity index (χ1) is 15.2. The number of ether oxygens (including phenoxy) is 1. The van der Waals surface area contributed by atoms with Gasteiger partial charge >= 0.3 is 6.09 Å². The maximum Gasteiger partial charge on any atom is 0.407 e. The number of rotatable bonds is 7. The van der Waals surface area contributed by atoms with Crippen LogP contribution in [0.15, 0.2) is 24.3 Å². The van der Waals surface area contributed by atoms with Crippen LogP contribution < -0.4 is 15.5 Å². The van der Waals surface area contributed by atoms with Gasteiger partial charge in [0.15, 0.2) is 0 Å². The summed E-state index contributed by atoms with van der Waals surface area (Å²) in [6, 6.07) is 0.331. The van der Waals surface area contributed by atoms with Gasteiger partial charge in [-0.15, -0.1) is 0 Å². The highest BCUT2D eigenvalue weighted by Crippen LogP contribution is 2.25. The number of nitrogens with one attached hydrogen (secondary N) is 2. The molecule has 0 radical (unpaired) electrons. The van der Waals surface area contributed by atoms with Gasteiger partial charge < -0.3 is 25.4 Å². The Balaban J connectivity index is 1.56. The largest absolute Gasteiger partial charge is 0.444 e. The third-order valence-corrected chi connectivity index (χ3v) is 5.30. The molecule has 0 bridgehead atoms. The molecule has 1 aromatic heterocycles. The lowest BCUT2D eigenvalue weighted by molar-refractivity contribution is -0.125. The van der Waals surface area contributed by atoms with Crippen LogP contribution in [-0.4, -0.2) is 58.4 Å². The Labute approximate surface area is 187 Å². The topological polar surface area (TPSA) is 117 Å². The number of nitrogens with zero attached hydrogens (tertiary/aromatic N) is 3. The van der Waals surface area contributed by atoms with E-state index in [-0.39, 0.29) is 30.3 Å². The quantitative estimate of drug-likeness (QED) is 0.585. The Hall–Kier alpha value is -2.75. The van der Waals surface area contributed by atoms with Crippen LogP contribution >= 0.6 is 0 Å². The first kappa shape index (κ1) is 23.9. The van der Waals surface area contributed by atoms with Crippen molar-refractivity contribution in [2.45, 2.75) is 64.2 Å². The highest BCUT2D eigenvalue weighted by atomic mass is 19.1. The predicted molar refractivity (Wildman–Crippen MR) is 117 cm³/mol. The monoisotopic (exact) mass is 449 g/mol. The fourth-order valence-electron chi connectivity index (χ4n) is 3.45. The van der Waals surface area contributed by atoms with Crippen molar-refractivity contribution >= 4 is 17.9 Å². The molecule has 3 N–H and O–H groups in total. The van der Waals surface area contributed by atoms with Crippen LogP contribution in [0.3, 0.4) is 0 Å². The number of carbonyl (C=O) groups excluding carboxylic acids is 2. The number of amides is 2. The third kappa shape index (κ3) is 6.88. The maximum atomic E-state index is 13.4. The average Bonchev–Trinajstić information content (AvgIpc) is 3.57. The number of aliphatic hydroxyl groups is 1. The molecule has 0 spiro atoms. The predicted octanol–water partition coefficient (Wildman–Crippen LogP) is 2.38. The zero-order valence-corrected chi connectivity index (χ0v) is 18.8. The van der Waals surface area contributed by atoms with Gasteiger partial charge in [0.25, 0.3) is 0 Å². The Bertz CT molecular complexity index is 836. The average molecular weight is 450 g/mol. The van der Waals surface area contributed by atoms with Crippen LogP contribution in [0.1, 0.15) is 58.1 Å². The number of carbonyl (C=O) groups is 2. The van der Waals surface area contributed by atoms with Gasteiger partial charge in [-0.3, -0.25) is 4.79 Å². The van der Waals surface area contributed by atoms with E-state index in [1.807, 2.05) is 4.90 Å². The van der Waals surface area contributed by atoms with Crippen LogP contribution in [0.4, 0.5) is 15.1 Å². The minimum Gasteiger partial charge on any atom is -0.444 e. The van der Waals surface area contributed by atoms with E-state index in [1.165, 1.54) is 12.4 Å². The van der Waals surface area contributed by atoms with Crippen LogP contribution in [0.5, 0.6) is 0 Å². The van der Waals surface area contributed by atoms with E-state index >= 15 is 0 Å². The van der Waals surface area contributed by atoms with E-state index in [1.54, 1.807) is 20.8 Å². The molecule has 1 unspecified atom stereocenters. The van der Waals surface area contributed by atoms with Gasteiger partial charge in [0.1, 0.15) is 11.7 Å². The summed E-state index contributed by atoms with van der Waals surface area (Å²) in [7, 11) is 0. The molecule has 1 saturated carbocycles. The first-order valence-electron chi connectivity index (χ1n) is 11.0. The van der Waals surface area contributed by atoms with Crippen molar-refractivity contribution in [3.63, 3.8) is 0 Å². The molecule has 0 aromatic carbocycles. The van der Waals surface area contributed by atoms with Crippen molar-refractivity contribution in [2.24, 2.45) is 5.92 Å². The Morgan fingerprint density at radius 2 is 2.00 bits per heavy atom. The van der Waals surface area contributed by atoms with E-state index in [4.69, 9.17) is 4.74 Å². The smallest absolute Gasteiger partial charge is 0.407 e. The zero-order chi connectivity index (χ0) is 23.3. The Morgan fingerprint density at radius 1 is 1.31 bits per heavy atom. The molecule has 1 aromatic rings. The molecular weight excluding hydrogens is 417 g/mol. The maximum absolute atomic E-state index is 13.4. The first-order valence-corrected chi connectivity index (χ1v) is 11.0. The molecular formula is C22H32FN5O4. The van der Waals surface area contributed by atoms with Crippen molar-refractivity contribution in [3.8, 4) is 0 Å². The highest BCUT2D eigenvalue weighted by Gasteiger charge is 2.31. The van der Waals surface area contributed by atoms with Gasteiger partial charge in [0.2, 0.25) is 11.9 Å². The number of aromatic nitrogens is 2. The molecule has 3 rings (SSSR count). The fourth-order valence-corrected chi connectivity index (χ4v) is 3.45. The number of hydrogen-bond acceptors (Lipinski definition) is 7. The van der Waals surface area contributed by atoms with Gasteiger partial charge in [0.05, 0.1) is 12.2 Å². The van der Waals surface area contributed by atoms with Crippen LogP contribution in [0.2, 0.25) is 0 Å². The summed E-state index contributed by atoms with van der Waals surface area (Å²) in [6.07, 6.45) is 4.89. The van der Waals surface area contributed by atoms with E-state index in [2.05, 4.69) is 20.6 Å². The minimum absolute atomic E-state index is 0.0537. The van der Waals surface area contributed by atoms with Crippen molar-refractivity contribution < 1.29 is 23.8 Å². The highest BCUT2D eigenvalue weighted by molar-refractivity contribution is 5.80. The molecule has 2 heterocycles. The number of anilines is 1. The van der Waals surface area contributed by atoms with E-state index in [9.17, 15) is 19.1 Å². The van der Waals surface area contributed by atoms with E-state index in [0.29, 0.717) is 24.1 Å². The van der Waals surface area contributed by atoms with Crippen molar-refractivity contribution in [2.75, 3.05) is 24.5 Å². The van der Waals surface area contributed by atoms with Crippen molar-refractivity contribution in [1.82, 2.24) is 20.6 Å². The summed E-state index contributed by atoms with van der Waals surface area (Å²) in [5.74, 6) is 0.445. The Morgan fingerprint density at radius 3 is 2.59 bits per heavy atom. The second-order valence-corrected chi connectivity index (χ2v) is 9.33. The summed E-state index contributed by atoms with van der Waals surface area (Å²) >= 11 is 0. The molecule has 176 valence electrons. The lowest BCUT2D eigenvalue weighted by Gasteiger charge is -2.32. The summed E-state index contributed by atoms with van der Waals surface area (Å²) in [5, 5.41) is 16.0. The van der Waals surface area contributed by atoms with Gasteiger partial charge in [-0.05, 0) is 46.5 Å². The molecule has 2 aliphatic rings. The standard InChI is InChI=1S/C22H32FN5O4/c1-22(2,3)32-21(31)26-10-15(9-23)18(29)16-11-24-20(25-12-16)28-8-4-5-14(13-28)19(30)27-17-6-7-17/h9,11-12,14,17-18,29H,4-8,10,13H2,1-3H3,(H,26,31)(H,27,30)/b15-9+/t14-,18?/m0/s1. The number of halogens is 1. The number of alkyl carbamates (subject to hydrolysis) is 1.